The number of carbonyl (C=O) groups excluding carboxylic acids is 1. The van der Waals surface area contributed by atoms with Gasteiger partial charge in [-0.2, -0.15) is 13.2 Å². The molecule has 0 aromatic heterocycles. The van der Waals surface area contributed by atoms with Gasteiger partial charge in [-0.05, 0) is 41.0 Å². The summed E-state index contributed by atoms with van der Waals surface area (Å²) in [7, 11) is -3.71. The summed E-state index contributed by atoms with van der Waals surface area (Å²) in [6.45, 7) is 1.04. The molecule has 0 radical (unpaired) electrons. The quantitative estimate of drug-likeness (QED) is 0.262. The maximum Gasteiger partial charge on any atom is 0.490 e. The molecule has 0 saturated carbocycles. The van der Waals surface area contributed by atoms with Crippen molar-refractivity contribution in [2.75, 3.05) is 13.1 Å². The van der Waals surface area contributed by atoms with E-state index in [1.807, 2.05) is 36.4 Å². The van der Waals surface area contributed by atoms with E-state index in [0.29, 0.717) is 25.1 Å². The average Bonchev–Trinajstić information content (AvgIpc) is 3.21. The summed E-state index contributed by atoms with van der Waals surface area (Å²) in [5.74, 6) is -3.25. The number of amidine groups is 1. The normalized spacial score (nSPS) is 15.7. The maximum absolute atomic E-state index is 12.8. The van der Waals surface area contributed by atoms with Gasteiger partial charge in [0.1, 0.15) is 5.84 Å². The molecule has 1 heterocycles. The monoisotopic (exact) mass is 550 g/mol. The van der Waals surface area contributed by atoms with Crippen LogP contribution in [0.25, 0.3) is 10.8 Å². The Morgan fingerprint density at radius 2 is 1.74 bits per heavy atom. The zero-order valence-corrected chi connectivity index (χ0v) is 20.7. The molecule has 0 unspecified atom stereocenters. The second-order valence-corrected chi connectivity index (χ2v) is 10.3. The third kappa shape index (κ3) is 7.29. The molecule has 0 bridgehead atoms. The molecule has 13 heteroatoms. The molecule has 1 atom stereocenters. The number of fused-ring (bicyclic) bond motifs is 1. The van der Waals surface area contributed by atoms with Crippen LogP contribution in [0, 0.1) is 11.3 Å². The summed E-state index contributed by atoms with van der Waals surface area (Å²) in [6, 6.07) is 19.8. The number of alkyl halides is 3. The van der Waals surface area contributed by atoms with Crippen LogP contribution in [0.5, 0.6) is 0 Å². The number of carboxylic acids is 1. The molecule has 4 rings (SSSR count). The van der Waals surface area contributed by atoms with Gasteiger partial charge in [0.05, 0.1) is 10.8 Å². The van der Waals surface area contributed by atoms with E-state index in [4.69, 9.17) is 21.0 Å². The Morgan fingerprint density at radius 3 is 2.37 bits per heavy atom. The van der Waals surface area contributed by atoms with Crippen LogP contribution < -0.4 is 10.5 Å². The van der Waals surface area contributed by atoms with Gasteiger partial charge < -0.3 is 15.7 Å². The summed E-state index contributed by atoms with van der Waals surface area (Å²) >= 11 is 0. The minimum absolute atomic E-state index is 0.0180. The zero-order valence-electron chi connectivity index (χ0n) is 19.9. The molecular formula is C25H25F3N4O5S. The largest absolute Gasteiger partial charge is 0.490 e. The van der Waals surface area contributed by atoms with E-state index in [9.17, 15) is 26.4 Å². The van der Waals surface area contributed by atoms with E-state index in [1.54, 1.807) is 35.2 Å². The SMILES string of the molecule is N=C(N)c1cccc(CN2CC[C@@H](CNS(=O)(=O)c3ccc4ccccc4c3)C2=O)c1.O=C(O)C(F)(F)F. The molecule has 1 aliphatic rings. The number of rotatable bonds is 7. The number of nitrogens with two attached hydrogens (primary N) is 1. The third-order valence-electron chi connectivity index (χ3n) is 5.81. The van der Waals surface area contributed by atoms with Crippen LogP contribution in [0.15, 0.2) is 71.6 Å². The maximum atomic E-state index is 12.8. The van der Waals surface area contributed by atoms with Crippen molar-refractivity contribution in [3.63, 3.8) is 0 Å². The molecule has 202 valence electrons. The number of amides is 1. The Bertz CT molecular complexity index is 1460. The van der Waals surface area contributed by atoms with Crippen LogP contribution in [-0.4, -0.2) is 55.4 Å². The molecule has 38 heavy (non-hydrogen) atoms. The highest BCUT2D eigenvalue weighted by molar-refractivity contribution is 7.89. The lowest BCUT2D eigenvalue weighted by Crippen LogP contribution is -2.34. The van der Waals surface area contributed by atoms with Gasteiger partial charge in [0.25, 0.3) is 0 Å². The van der Waals surface area contributed by atoms with Crippen molar-refractivity contribution in [2.45, 2.75) is 24.0 Å². The number of hydrogen-bond acceptors (Lipinski definition) is 5. The van der Waals surface area contributed by atoms with Crippen molar-refractivity contribution in [3.05, 3.63) is 77.9 Å². The predicted octanol–water partition coefficient (Wildman–Crippen LogP) is 3.08. The van der Waals surface area contributed by atoms with Crippen molar-refractivity contribution < 1.29 is 36.3 Å². The van der Waals surface area contributed by atoms with Crippen molar-refractivity contribution >= 4 is 38.5 Å². The number of aliphatic carboxylic acids is 1. The van der Waals surface area contributed by atoms with Crippen molar-refractivity contribution in [1.82, 2.24) is 9.62 Å². The van der Waals surface area contributed by atoms with E-state index < -0.39 is 28.1 Å². The first-order chi connectivity index (χ1) is 17.8. The van der Waals surface area contributed by atoms with Crippen LogP contribution in [0.1, 0.15) is 17.5 Å². The second kappa shape index (κ2) is 11.6. The molecule has 1 fully saturated rings. The van der Waals surface area contributed by atoms with Gasteiger partial charge in [0, 0.05) is 25.2 Å². The molecule has 3 aromatic rings. The molecule has 5 N–H and O–H groups in total. The van der Waals surface area contributed by atoms with Gasteiger partial charge in [-0.1, -0.05) is 48.5 Å². The van der Waals surface area contributed by atoms with Gasteiger partial charge in [0.2, 0.25) is 15.9 Å². The number of benzene rings is 3. The lowest BCUT2D eigenvalue weighted by Gasteiger charge is -2.17. The fourth-order valence-electron chi connectivity index (χ4n) is 3.84. The fraction of sp³-hybridized carbons (Fsp3) is 0.240. The average molecular weight is 551 g/mol. The lowest BCUT2D eigenvalue weighted by molar-refractivity contribution is -0.192. The predicted molar refractivity (Wildman–Crippen MR) is 134 cm³/mol. The van der Waals surface area contributed by atoms with Gasteiger partial charge in [-0.15, -0.1) is 0 Å². The van der Waals surface area contributed by atoms with Crippen LogP contribution in [0.3, 0.4) is 0 Å². The molecule has 0 spiro atoms. The summed E-state index contributed by atoms with van der Waals surface area (Å²) in [6.07, 6.45) is -4.49. The van der Waals surface area contributed by atoms with Crippen LogP contribution >= 0.6 is 0 Å². The lowest BCUT2D eigenvalue weighted by atomic mass is 10.1. The van der Waals surface area contributed by atoms with Crippen LogP contribution in [-0.2, 0) is 26.2 Å². The number of sulfonamides is 1. The molecule has 1 amide bonds. The Balaban J connectivity index is 0.000000505. The summed E-state index contributed by atoms with van der Waals surface area (Å²) in [4.78, 5) is 23.6. The minimum Gasteiger partial charge on any atom is -0.475 e. The number of likely N-dealkylation sites (tertiary alicyclic amines) is 1. The number of hydrogen-bond donors (Lipinski definition) is 4. The van der Waals surface area contributed by atoms with E-state index in [1.165, 1.54) is 0 Å². The van der Waals surface area contributed by atoms with E-state index in [0.717, 1.165) is 16.3 Å². The third-order valence-corrected chi connectivity index (χ3v) is 7.23. The smallest absolute Gasteiger partial charge is 0.475 e. The van der Waals surface area contributed by atoms with E-state index in [-0.39, 0.29) is 23.2 Å². The minimum atomic E-state index is -5.08. The van der Waals surface area contributed by atoms with Gasteiger partial charge in [-0.3, -0.25) is 10.2 Å². The Hall–Kier alpha value is -3.97. The molecular weight excluding hydrogens is 525 g/mol. The summed E-state index contributed by atoms with van der Waals surface area (Å²) in [5, 5.41) is 16.5. The van der Waals surface area contributed by atoms with Crippen LogP contribution in [0.4, 0.5) is 13.2 Å². The Morgan fingerprint density at radius 1 is 1.08 bits per heavy atom. The Kier molecular flexibility index (Phi) is 8.74. The molecule has 9 nitrogen and oxygen atoms in total. The number of halogens is 3. The first-order valence-electron chi connectivity index (χ1n) is 11.3. The first kappa shape index (κ1) is 28.6. The van der Waals surface area contributed by atoms with Crippen molar-refractivity contribution in [1.29, 1.82) is 5.41 Å². The van der Waals surface area contributed by atoms with Gasteiger partial charge in [0.15, 0.2) is 0 Å². The van der Waals surface area contributed by atoms with Crippen molar-refractivity contribution in [2.24, 2.45) is 11.7 Å². The summed E-state index contributed by atoms with van der Waals surface area (Å²) < 4.78 is 59.8. The highest BCUT2D eigenvalue weighted by Gasteiger charge is 2.38. The molecule has 1 aliphatic heterocycles. The number of nitrogen functional groups attached to an aromatic ring is 1. The number of nitrogens with one attached hydrogen (secondary N) is 2. The summed E-state index contributed by atoms with van der Waals surface area (Å²) in [5.41, 5.74) is 7.04. The van der Waals surface area contributed by atoms with E-state index >= 15 is 0 Å². The standard InChI is InChI=1S/C23H24N4O3S.C2HF3O2/c24-22(25)19-7-3-4-16(12-19)15-27-11-10-20(23(27)28)14-26-31(29,30)21-9-8-17-5-1-2-6-18(17)13-21;3-2(4,5)1(6)7/h1-9,12-13,20,26H,10-11,14-15H2,(H3,24,25);(H,6,7)/t20-;/m0./s1. The molecule has 0 aliphatic carbocycles. The van der Waals surface area contributed by atoms with E-state index in [2.05, 4.69) is 4.72 Å². The Labute approximate surface area is 216 Å². The van der Waals surface area contributed by atoms with Crippen LogP contribution in [0.2, 0.25) is 0 Å². The highest BCUT2D eigenvalue weighted by Crippen LogP contribution is 2.22. The number of carboxylic acid groups (broad SMARTS) is 1. The topological polar surface area (TPSA) is 154 Å². The molecule has 3 aromatic carbocycles. The highest BCUT2D eigenvalue weighted by atomic mass is 32.2. The number of carbonyl (C=O) groups is 2. The van der Waals surface area contributed by atoms with Crippen molar-refractivity contribution in [3.8, 4) is 0 Å². The zero-order chi connectivity index (χ0) is 28.1. The fourth-order valence-corrected chi connectivity index (χ4v) is 4.95. The first-order valence-corrected chi connectivity index (χ1v) is 12.8. The number of nitrogens with zero attached hydrogens (tertiary/aromatic N) is 1. The van der Waals surface area contributed by atoms with Gasteiger partial charge in [-0.25, -0.2) is 17.9 Å². The van der Waals surface area contributed by atoms with Gasteiger partial charge >= 0.3 is 12.1 Å². The molecule has 1 saturated heterocycles. The second-order valence-electron chi connectivity index (χ2n) is 8.52.